The molecular formula is C13H19NO. The molecule has 0 aliphatic carbocycles. The van der Waals surface area contributed by atoms with Crippen LogP contribution >= 0.6 is 0 Å². The maximum absolute atomic E-state index is 5.95. The molecule has 1 heterocycles. The third kappa shape index (κ3) is 2.58. The molecule has 2 nitrogen and oxygen atoms in total. The number of aryl methyl sites for hydroxylation is 1. The average molecular weight is 205 g/mol. The highest BCUT2D eigenvalue weighted by Gasteiger charge is 2.22. The molecule has 2 rings (SSSR count). The Morgan fingerprint density at radius 1 is 1.40 bits per heavy atom. The van der Waals surface area contributed by atoms with E-state index in [0.29, 0.717) is 6.54 Å². The molecule has 0 saturated carbocycles. The van der Waals surface area contributed by atoms with Gasteiger partial charge in [-0.3, -0.25) is 0 Å². The second-order valence-corrected chi connectivity index (χ2v) is 4.33. The molecule has 1 aliphatic rings. The Hall–Kier alpha value is -0.860. The predicted octanol–water partition coefficient (Wildman–Crippen LogP) is 2.56. The normalized spacial score (nSPS) is 26.5. The highest BCUT2D eigenvalue weighted by molar-refractivity contribution is 5.24. The first-order chi connectivity index (χ1) is 7.29. The SMILES string of the molecule is Cc1cccc([C@@H]2CCC[C@H](CN)O2)c1. The molecule has 0 radical (unpaired) electrons. The molecule has 2 heteroatoms. The Balaban J connectivity index is 2.09. The van der Waals surface area contributed by atoms with Gasteiger partial charge in [-0.2, -0.15) is 0 Å². The van der Waals surface area contributed by atoms with E-state index in [2.05, 4.69) is 31.2 Å². The minimum Gasteiger partial charge on any atom is -0.369 e. The standard InChI is InChI=1S/C13H19NO/c1-10-4-2-5-11(8-10)13-7-3-6-12(9-14)15-13/h2,4-5,8,12-13H,3,6-7,9,14H2,1H3/t12-,13+/m1/s1. The first-order valence-corrected chi connectivity index (χ1v) is 5.71. The summed E-state index contributed by atoms with van der Waals surface area (Å²) in [7, 11) is 0. The second kappa shape index (κ2) is 4.77. The zero-order chi connectivity index (χ0) is 10.7. The lowest BCUT2D eigenvalue weighted by Crippen LogP contribution is -2.29. The fourth-order valence-corrected chi connectivity index (χ4v) is 2.19. The van der Waals surface area contributed by atoms with Crippen molar-refractivity contribution in [3.63, 3.8) is 0 Å². The van der Waals surface area contributed by atoms with E-state index in [1.54, 1.807) is 0 Å². The summed E-state index contributed by atoms with van der Waals surface area (Å²) in [6.45, 7) is 2.76. The minimum atomic E-state index is 0.254. The van der Waals surface area contributed by atoms with Crippen LogP contribution in [0.3, 0.4) is 0 Å². The Bertz CT molecular complexity index is 324. The molecule has 2 atom stereocenters. The lowest BCUT2D eigenvalue weighted by Gasteiger charge is -2.29. The van der Waals surface area contributed by atoms with Crippen molar-refractivity contribution in [2.75, 3.05) is 6.54 Å². The van der Waals surface area contributed by atoms with E-state index < -0.39 is 0 Å². The van der Waals surface area contributed by atoms with Gasteiger partial charge in [0.15, 0.2) is 0 Å². The van der Waals surface area contributed by atoms with Crippen molar-refractivity contribution in [2.24, 2.45) is 5.73 Å². The van der Waals surface area contributed by atoms with Crippen LogP contribution in [-0.4, -0.2) is 12.6 Å². The van der Waals surface area contributed by atoms with Crippen molar-refractivity contribution in [3.8, 4) is 0 Å². The largest absolute Gasteiger partial charge is 0.369 e. The molecule has 82 valence electrons. The fourth-order valence-electron chi connectivity index (χ4n) is 2.19. The molecule has 1 aromatic rings. The quantitative estimate of drug-likeness (QED) is 0.805. The Kier molecular flexibility index (Phi) is 3.39. The van der Waals surface area contributed by atoms with Gasteiger partial charge < -0.3 is 10.5 Å². The minimum absolute atomic E-state index is 0.254. The monoisotopic (exact) mass is 205 g/mol. The van der Waals surface area contributed by atoms with E-state index in [1.807, 2.05) is 0 Å². The first kappa shape index (κ1) is 10.7. The molecule has 0 unspecified atom stereocenters. The van der Waals surface area contributed by atoms with Crippen molar-refractivity contribution in [1.29, 1.82) is 0 Å². The lowest BCUT2D eigenvalue weighted by molar-refractivity contribution is -0.0462. The van der Waals surface area contributed by atoms with Gasteiger partial charge >= 0.3 is 0 Å². The summed E-state index contributed by atoms with van der Waals surface area (Å²) in [6.07, 6.45) is 3.97. The van der Waals surface area contributed by atoms with Crippen LogP contribution in [0.4, 0.5) is 0 Å². The van der Waals surface area contributed by atoms with Crippen molar-refractivity contribution < 1.29 is 4.74 Å². The van der Waals surface area contributed by atoms with Gasteiger partial charge in [0.2, 0.25) is 0 Å². The number of rotatable bonds is 2. The van der Waals surface area contributed by atoms with Crippen molar-refractivity contribution in [1.82, 2.24) is 0 Å². The van der Waals surface area contributed by atoms with Gasteiger partial charge in [-0.1, -0.05) is 29.8 Å². The van der Waals surface area contributed by atoms with Crippen LogP contribution in [0.25, 0.3) is 0 Å². The summed E-state index contributed by atoms with van der Waals surface area (Å²) in [6, 6.07) is 8.58. The van der Waals surface area contributed by atoms with Crippen LogP contribution in [0, 0.1) is 6.92 Å². The van der Waals surface area contributed by atoms with Crippen LogP contribution in [0.2, 0.25) is 0 Å². The highest BCUT2D eigenvalue weighted by atomic mass is 16.5. The molecule has 0 spiro atoms. The van der Waals surface area contributed by atoms with Gasteiger partial charge in [0, 0.05) is 6.54 Å². The van der Waals surface area contributed by atoms with Gasteiger partial charge in [0.1, 0.15) is 0 Å². The molecule has 2 N–H and O–H groups in total. The van der Waals surface area contributed by atoms with E-state index >= 15 is 0 Å². The Morgan fingerprint density at radius 3 is 3.00 bits per heavy atom. The third-order valence-corrected chi connectivity index (χ3v) is 3.03. The van der Waals surface area contributed by atoms with Gasteiger partial charge in [0.25, 0.3) is 0 Å². The van der Waals surface area contributed by atoms with Gasteiger partial charge in [-0.15, -0.1) is 0 Å². The molecule has 1 aliphatic heterocycles. The van der Waals surface area contributed by atoms with E-state index in [9.17, 15) is 0 Å². The van der Waals surface area contributed by atoms with E-state index in [-0.39, 0.29) is 12.2 Å². The predicted molar refractivity (Wildman–Crippen MR) is 61.7 cm³/mol. The van der Waals surface area contributed by atoms with Crippen LogP contribution in [0.15, 0.2) is 24.3 Å². The highest BCUT2D eigenvalue weighted by Crippen LogP contribution is 2.30. The van der Waals surface area contributed by atoms with Crippen LogP contribution in [-0.2, 0) is 4.74 Å². The average Bonchev–Trinajstić information content (AvgIpc) is 2.29. The van der Waals surface area contributed by atoms with Crippen LogP contribution < -0.4 is 5.73 Å². The van der Waals surface area contributed by atoms with Crippen LogP contribution in [0.5, 0.6) is 0 Å². The molecule has 0 bridgehead atoms. The van der Waals surface area contributed by atoms with Crippen molar-refractivity contribution in [3.05, 3.63) is 35.4 Å². The van der Waals surface area contributed by atoms with Crippen LogP contribution in [0.1, 0.15) is 36.5 Å². The van der Waals surface area contributed by atoms with Crippen molar-refractivity contribution >= 4 is 0 Å². The second-order valence-electron chi connectivity index (χ2n) is 4.33. The molecule has 0 amide bonds. The third-order valence-electron chi connectivity index (χ3n) is 3.03. The molecule has 1 saturated heterocycles. The Labute approximate surface area is 91.4 Å². The number of benzene rings is 1. The van der Waals surface area contributed by atoms with Gasteiger partial charge in [-0.25, -0.2) is 0 Å². The van der Waals surface area contributed by atoms with E-state index in [1.165, 1.54) is 17.5 Å². The van der Waals surface area contributed by atoms with Crippen molar-refractivity contribution in [2.45, 2.75) is 38.4 Å². The molecule has 0 aromatic heterocycles. The Morgan fingerprint density at radius 2 is 2.27 bits per heavy atom. The number of hydrogen-bond acceptors (Lipinski definition) is 2. The maximum atomic E-state index is 5.95. The topological polar surface area (TPSA) is 35.2 Å². The molecule has 15 heavy (non-hydrogen) atoms. The van der Waals surface area contributed by atoms with E-state index in [4.69, 9.17) is 10.5 Å². The zero-order valence-corrected chi connectivity index (χ0v) is 9.28. The number of hydrogen-bond donors (Lipinski definition) is 1. The molecular weight excluding hydrogens is 186 g/mol. The summed E-state index contributed by atoms with van der Waals surface area (Å²) in [4.78, 5) is 0. The zero-order valence-electron chi connectivity index (χ0n) is 9.28. The first-order valence-electron chi connectivity index (χ1n) is 5.71. The smallest absolute Gasteiger partial charge is 0.0829 e. The van der Waals surface area contributed by atoms with Gasteiger partial charge in [-0.05, 0) is 31.7 Å². The van der Waals surface area contributed by atoms with Gasteiger partial charge in [0.05, 0.1) is 12.2 Å². The summed E-state index contributed by atoms with van der Waals surface area (Å²) in [5.74, 6) is 0. The summed E-state index contributed by atoms with van der Waals surface area (Å²) in [5, 5.41) is 0. The molecule has 1 fully saturated rings. The maximum Gasteiger partial charge on any atom is 0.0829 e. The van der Waals surface area contributed by atoms with E-state index in [0.717, 1.165) is 12.8 Å². The number of ether oxygens (including phenoxy) is 1. The lowest BCUT2D eigenvalue weighted by atomic mass is 9.97. The summed E-state index contributed by atoms with van der Waals surface area (Å²) < 4.78 is 5.95. The molecule has 1 aromatic carbocycles. The summed E-state index contributed by atoms with van der Waals surface area (Å²) in [5.41, 5.74) is 8.24. The number of nitrogens with two attached hydrogens (primary N) is 1. The summed E-state index contributed by atoms with van der Waals surface area (Å²) >= 11 is 0. The fraction of sp³-hybridized carbons (Fsp3) is 0.538.